The van der Waals surface area contributed by atoms with Gasteiger partial charge in [-0.05, 0) is 43.7 Å². The van der Waals surface area contributed by atoms with Crippen LogP contribution in [0.1, 0.15) is 38.2 Å². The van der Waals surface area contributed by atoms with Crippen LogP contribution in [0.15, 0.2) is 30.3 Å². The summed E-state index contributed by atoms with van der Waals surface area (Å²) >= 11 is 0. The summed E-state index contributed by atoms with van der Waals surface area (Å²) in [5, 5.41) is 13.1. The van der Waals surface area contributed by atoms with E-state index >= 15 is 0 Å². The zero-order valence-electron chi connectivity index (χ0n) is 11.7. The molecule has 0 saturated heterocycles. The summed E-state index contributed by atoms with van der Waals surface area (Å²) in [7, 11) is 0. The highest BCUT2D eigenvalue weighted by Gasteiger charge is 2.32. The molecule has 102 valence electrons. The highest BCUT2D eigenvalue weighted by Crippen LogP contribution is 2.31. The molecule has 0 unspecified atom stereocenters. The van der Waals surface area contributed by atoms with Crippen LogP contribution in [0.2, 0.25) is 0 Å². The van der Waals surface area contributed by atoms with Crippen LogP contribution in [0.4, 0.5) is 0 Å². The number of aliphatic hydroxyl groups is 1. The van der Waals surface area contributed by atoms with E-state index in [9.17, 15) is 5.11 Å². The molecule has 2 nitrogen and oxygen atoms in total. The number of nitrogens with one attached hydrogen (secondary N) is 1. The first-order valence-electron chi connectivity index (χ1n) is 7.14. The van der Waals surface area contributed by atoms with Gasteiger partial charge in [-0.1, -0.05) is 37.0 Å². The molecule has 1 saturated carbocycles. The van der Waals surface area contributed by atoms with Gasteiger partial charge in [0.15, 0.2) is 0 Å². The summed E-state index contributed by atoms with van der Waals surface area (Å²) in [6.45, 7) is 3.15. The van der Waals surface area contributed by atoms with E-state index in [1.807, 2.05) is 30.3 Å². The van der Waals surface area contributed by atoms with Crippen molar-refractivity contribution in [1.82, 2.24) is 5.32 Å². The molecule has 2 heteroatoms. The zero-order valence-corrected chi connectivity index (χ0v) is 11.7. The number of aliphatic hydroxyl groups excluding tert-OH is 1. The monoisotopic (exact) mass is 257 g/mol. The molecule has 1 aliphatic rings. The summed E-state index contributed by atoms with van der Waals surface area (Å²) < 4.78 is 0. The first-order chi connectivity index (χ1) is 9.24. The van der Waals surface area contributed by atoms with Crippen molar-refractivity contribution in [3.8, 4) is 11.8 Å². The molecule has 1 aromatic carbocycles. The van der Waals surface area contributed by atoms with Crippen LogP contribution in [-0.4, -0.2) is 23.8 Å². The minimum Gasteiger partial charge on any atom is -0.394 e. The summed E-state index contributed by atoms with van der Waals surface area (Å²) in [6, 6.07) is 10.0. The molecule has 0 atom stereocenters. The Morgan fingerprint density at radius 1 is 1.26 bits per heavy atom. The van der Waals surface area contributed by atoms with E-state index in [0.29, 0.717) is 6.54 Å². The molecule has 0 heterocycles. The first kappa shape index (κ1) is 14.1. The van der Waals surface area contributed by atoms with Crippen molar-refractivity contribution >= 4 is 0 Å². The average Bonchev–Trinajstić information content (AvgIpc) is 2.47. The molecule has 0 bridgehead atoms. The van der Waals surface area contributed by atoms with E-state index in [-0.39, 0.29) is 12.1 Å². The Kier molecular flexibility index (Phi) is 5.01. The van der Waals surface area contributed by atoms with Gasteiger partial charge in [-0.15, -0.1) is 0 Å². The molecule has 0 aliphatic heterocycles. The van der Waals surface area contributed by atoms with Crippen molar-refractivity contribution in [1.29, 1.82) is 0 Å². The second kappa shape index (κ2) is 6.75. The Labute approximate surface area is 116 Å². The maximum Gasteiger partial charge on any atom is 0.0613 e. The standard InChI is InChI=1S/C17H23NO/c1-15-9-11-17(14-19,12-10-15)18-13-5-8-16-6-3-2-4-7-16/h2-4,6-7,15,18-19H,9-14H2,1H3. The lowest BCUT2D eigenvalue weighted by atomic mass is 9.77. The largest absolute Gasteiger partial charge is 0.394 e. The molecule has 1 fully saturated rings. The molecule has 2 N–H and O–H groups in total. The van der Waals surface area contributed by atoms with Gasteiger partial charge in [-0.3, -0.25) is 5.32 Å². The number of hydrogen-bond acceptors (Lipinski definition) is 2. The molecule has 1 aliphatic carbocycles. The second-order valence-electron chi connectivity index (χ2n) is 5.64. The van der Waals surface area contributed by atoms with E-state index in [4.69, 9.17) is 0 Å². The fraction of sp³-hybridized carbons (Fsp3) is 0.529. The average molecular weight is 257 g/mol. The highest BCUT2D eigenvalue weighted by molar-refractivity contribution is 5.33. The lowest BCUT2D eigenvalue weighted by molar-refractivity contribution is 0.110. The minimum absolute atomic E-state index is 0.0993. The molecule has 0 amide bonds. The lowest BCUT2D eigenvalue weighted by Gasteiger charge is -2.38. The van der Waals surface area contributed by atoms with E-state index in [0.717, 1.165) is 24.3 Å². The molecule has 19 heavy (non-hydrogen) atoms. The normalized spacial score (nSPS) is 26.5. The SMILES string of the molecule is CC1CCC(CO)(NCC#Cc2ccccc2)CC1. The van der Waals surface area contributed by atoms with Crippen molar-refractivity contribution in [2.45, 2.75) is 38.1 Å². The molecule has 2 rings (SSSR count). The summed E-state index contributed by atoms with van der Waals surface area (Å²) in [5.41, 5.74) is 0.942. The van der Waals surface area contributed by atoms with Crippen LogP contribution >= 0.6 is 0 Å². The van der Waals surface area contributed by atoms with Gasteiger partial charge in [-0.2, -0.15) is 0 Å². The van der Waals surface area contributed by atoms with E-state index < -0.39 is 0 Å². The van der Waals surface area contributed by atoms with Crippen LogP contribution in [0, 0.1) is 17.8 Å². The van der Waals surface area contributed by atoms with Crippen LogP contribution in [-0.2, 0) is 0 Å². The molecule has 0 aromatic heterocycles. The predicted octanol–water partition coefficient (Wildman–Crippen LogP) is 2.57. The van der Waals surface area contributed by atoms with Gasteiger partial charge in [0.05, 0.1) is 13.2 Å². The van der Waals surface area contributed by atoms with Crippen LogP contribution < -0.4 is 5.32 Å². The van der Waals surface area contributed by atoms with Crippen molar-refractivity contribution in [2.24, 2.45) is 5.92 Å². The third kappa shape index (κ3) is 4.09. The fourth-order valence-electron chi connectivity index (χ4n) is 2.60. The molecule has 0 spiro atoms. The van der Waals surface area contributed by atoms with E-state index in [1.165, 1.54) is 12.8 Å². The highest BCUT2D eigenvalue weighted by atomic mass is 16.3. The van der Waals surface area contributed by atoms with E-state index in [2.05, 4.69) is 24.1 Å². The smallest absolute Gasteiger partial charge is 0.0613 e. The summed E-state index contributed by atoms with van der Waals surface area (Å²) in [5.74, 6) is 7.08. The lowest BCUT2D eigenvalue weighted by Crippen LogP contribution is -2.50. The Morgan fingerprint density at radius 2 is 1.95 bits per heavy atom. The fourth-order valence-corrected chi connectivity index (χ4v) is 2.60. The maximum absolute atomic E-state index is 9.63. The molecular weight excluding hydrogens is 234 g/mol. The number of benzene rings is 1. The van der Waals surface area contributed by atoms with Crippen LogP contribution in [0.5, 0.6) is 0 Å². The molecule has 0 radical (unpaired) electrons. The Bertz CT molecular complexity index is 435. The van der Waals surface area contributed by atoms with Gasteiger partial charge in [0.1, 0.15) is 0 Å². The van der Waals surface area contributed by atoms with Gasteiger partial charge in [0, 0.05) is 11.1 Å². The number of hydrogen-bond donors (Lipinski definition) is 2. The van der Waals surface area contributed by atoms with Crippen molar-refractivity contribution in [3.63, 3.8) is 0 Å². The van der Waals surface area contributed by atoms with Gasteiger partial charge < -0.3 is 5.11 Å². The first-order valence-corrected chi connectivity index (χ1v) is 7.14. The quantitative estimate of drug-likeness (QED) is 0.816. The van der Waals surface area contributed by atoms with Crippen molar-refractivity contribution < 1.29 is 5.11 Å². The van der Waals surface area contributed by atoms with Crippen LogP contribution in [0.25, 0.3) is 0 Å². The van der Waals surface area contributed by atoms with Gasteiger partial charge in [0.25, 0.3) is 0 Å². The molecule has 1 aromatic rings. The van der Waals surface area contributed by atoms with E-state index in [1.54, 1.807) is 0 Å². The Balaban J connectivity index is 1.86. The second-order valence-corrected chi connectivity index (χ2v) is 5.64. The van der Waals surface area contributed by atoms with Gasteiger partial charge >= 0.3 is 0 Å². The third-order valence-electron chi connectivity index (χ3n) is 4.09. The Morgan fingerprint density at radius 3 is 2.58 bits per heavy atom. The summed E-state index contributed by atoms with van der Waals surface area (Å²) in [6.07, 6.45) is 4.49. The van der Waals surface area contributed by atoms with Gasteiger partial charge in [0.2, 0.25) is 0 Å². The summed E-state index contributed by atoms with van der Waals surface area (Å²) in [4.78, 5) is 0. The number of rotatable bonds is 3. The van der Waals surface area contributed by atoms with Crippen molar-refractivity contribution in [2.75, 3.05) is 13.2 Å². The molecular formula is C17H23NO. The Hall–Kier alpha value is -1.30. The van der Waals surface area contributed by atoms with Crippen LogP contribution in [0.3, 0.4) is 0 Å². The maximum atomic E-state index is 9.63. The third-order valence-corrected chi connectivity index (χ3v) is 4.09. The topological polar surface area (TPSA) is 32.3 Å². The van der Waals surface area contributed by atoms with Crippen molar-refractivity contribution in [3.05, 3.63) is 35.9 Å². The minimum atomic E-state index is -0.0993. The van der Waals surface area contributed by atoms with Gasteiger partial charge in [-0.25, -0.2) is 0 Å². The predicted molar refractivity (Wildman–Crippen MR) is 78.8 cm³/mol. The zero-order chi connectivity index (χ0) is 13.6.